The van der Waals surface area contributed by atoms with Crippen molar-refractivity contribution >= 4 is 39.5 Å². The Kier molecular flexibility index (Phi) is 11.6. The van der Waals surface area contributed by atoms with Gasteiger partial charge in [-0.05, 0) is 90.5 Å². The van der Waals surface area contributed by atoms with Gasteiger partial charge in [0.1, 0.15) is 28.9 Å². The van der Waals surface area contributed by atoms with E-state index in [1.807, 2.05) is 61.1 Å². The first-order valence-corrected chi connectivity index (χ1v) is 21.3. The molecule has 7 rings (SSSR count). The molecule has 0 spiro atoms. The van der Waals surface area contributed by atoms with E-state index in [2.05, 4.69) is 27.6 Å². The van der Waals surface area contributed by atoms with Gasteiger partial charge in [0.25, 0.3) is 16.7 Å². The van der Waals surface area contributed by atoms with Crippen LogP contribution in [-0.2, 0) is 4.74 Å². The van der Waals surface area contributed by atoms with Crippen molar-refractivity contribution in [3.05, 3.63) is 67.6 Å². The van der Waals surface area contributed by atoms with Crippen LogP contribution in [0.4, 0.5) is 17.1 Å². The van der Waals surface area contributed by atoms with Crippen LogP contribution in [-0.4, -0.2) is 68.6 Å². The van der Waals surface area contributed by atoms with Crippen molar-refractivity contribution in [2.24, 2.45) is 11.8 Å². The number of rotatable bonds is 14. The van der Waals surface area contributed by atoms with Gasteiger partial charge >= 0.3 is 0 Å². The van der Waals surface area contributed by atoms with E-state index in [-0.39, 0.29) is 58.7 Å². The van der Waals surface area contributed by atoms with E-state index in [1.54, 1.807) is 16.8 Å². The monoisotopic (exact) mass is 766 g/mol. The van der Waals surface area contributed by atoms with Crippen LogP contribution in [0.25, 0.3) is 11.4 Å². The van der Waals surface area contributed by atoms with Crippen LogP contribution in [0.1, 0.15) is 90.8 Å². The van der Waals surface area contributed by atoms with Gasteiger partial charge in [-0.25, -0.2) is 0 Å². The minimum absolute atomic E-state index is 0.0123. The molecule has 53 heavy (non-hydrogen) atoms. The molecule has 3 aliphatic carbocycles. The molecule has 0 bridgehead atoms. The van der Waals surface area contributed by atoms with Crippen molar-refractivity contribution in [1.29, 1.82) is 0 Å². The molecule has 0 unspecified atom stereocenters. The third kappa shape index (κ3) is 7.79. The third-order valence-electron chi connectivity index (χ3n) is 11.2. The maximum Gasteiger partial charge on any atom is 0.274 e. The molecule has 0 aromatic carbocycles. The molecule has 3 aromatic rings. The number of hydrogen-bond acceptors (Lipinski definition) is 11. The van der Waals surface area contributed by atoms with Gasteiger partial charge in [0.05, 0.1) is 42.8 Å². The van der Waals surface area contributed by atoms with Gasteiger partial charge in [-0.1, -0.05) is 17.2 Å². The van der Waals surface area contributed by atoms with Crippen molar-refractivity contribution in [2.75, 3.05) is 41.5 Å². The molecular weight excluding hydrogens is 713 g/mol. The molecule has 4 N–H and O–H groups in total. The fourth-order valence-corrected chi connectivity index (χ4v) is 9.23. The second kappa shape index (κ2) is 16.2. The van der Waals surface area contributed by atoms with Gasteiger partial charge in [0.2, 0.25) is 0 Å². The number of aliphatic hydroxyl groups excluding tert-OH is 1. The number of thiol groups is 1. The highest BCUT2D eigenvalue weighted by Gasteiger charge is 2.56. The lowest BCUT2D eigenvalue weighted by Crippen LogP contribution is -2.40. The van der Waals surface area contributed by atoms with Gasteiger partial charge in [-0.3, -0.25) is 19.0 Å². The van der Waals surface area contributed by atoms with E-state index < -0.39 is 12.2 Å². The quantitative estimate of drug-likeness (QED) is 0.0762. The average molecular weight is 767 g/mol. The number of aromatic nitrogens is 3. The molecule has 3 saturated carbocycles. The van der Waals surface area contributed by atoms with E-state index in [0.29, 0.717) is 79.6 Å². The summed E-state index contributed by atoms with van der Waals surface area (Å²) in [7, 11) is 1.42. The van der Waals surface area contributed by atoms with Crippen molar-refractivity contribution in [3.8, 4) is 17.1 Å². The lowest BCUT2D eigenvalue weighted by atomic mass is 9.91. The zero-order valence-electron chi connectivity index (χ0n) is 31.1. The molecular formula is C39H54N6O6S2. The average Bonchev–Trinajstić information content (AvgIpc) is 3.39. The van der Waals surface area contributed by atoms with Gasteiger partial charge < -0.3 is 39.7 Å². The minimum atomic E-state index is -0.603. The molecule has 4 fully saturated rings. The molecule has 12 nitrogen and oxygen atoms in total. The molecule has 0 radical (unpaired) electrons. The highest BCUT2D eigenvalue weighted by molar-refractivity contribution is 8.68. The second-order valence-electron chi connectivity index (χ2n) is 15.7. The summed E-state index contributed by atoms with van der Waals surface area (Å²) in [6, 6.07) is 8.72. The first-order valence-electron chi connectivity index (χ1n) is 19.3. The van der Waals surface area contributed by atoms with Crippen LogP contribution in [0.15, 0.2) is 50.9 Å². The largest absolute Gasteiger partial charge is 0.487 e. The van der Waals surface area contributed by atoms with Crippen LogP contribution in [0, 0.1) is 11.8 Å². The summed E-state index contributed by atoms with van der Waals surface area (Å²) in [6.45, 7) is 9.81. The van der Waals surface area contributed by atoms with Gasteiger partial charge in [-0.15, -0.1) is 11.7 Å². The Balaban J connectivity index is 1.33. The van der Waals surface area contributed by atoms with E-state index >= 15 is 0 Å². The third-order valence-corrected chi connectivity index (χ3v) is 12.1. The number of hydrogen-bond donors (Lipinski definition) is 5. The molecule has 1 saturated heterocycles. The highest BCUT2D eigenvalue weighted by atomic mass is 33.1. The number of fused-ring (bicyclic) bond motifs is 1. The molecule has 288 valence electrons. The molecule has 0 amide bonds. The number of ether oxygens (including phenoxy) is 2. The Hall–Kier alpha value is -3.33. The Morgan fingerprint density at radius 1 is 0.830 bits per heavy atom. The highest BCUT2D eigenvalue weighted by Crippen LogP contribution is 2.55. The van der Waals surface area contributed by atoms with Crippen molar-refractivity contribution < 1.29 is 14.6 Å². The smallest absolute Gasteiger partial charge is 0.274 e. The normalized spacial score (nSPS) is 26.5. The first kappa shape index (κ1) is 38.0. The van der Waals surface area contributed by atoms with Crippen LogP contribution in [0.3, 0.4) is 0 Å². The maximum absolute atomic E-state index is 14.7. The maximum atomic E-state index is 14.7. The van der Waals surface area contributed by atoms with Gasteiger partial charge in [-0.2, -0.15) is 0 Å². The number of nitrogens with one attached hydrogen (secondary N) is 3. The van der Waals surface area contributed by atoms with Gasteiger partial charge in [0.15, 0.2) is 0 Å². The number of pyridine rings is 3. The molecule has 1 aliphatic heterocycles. The molecule has 4 heterocycles. The Morgan fingerprint density at radius 3 is 2.15 bits per heavy atom. The number of anilines is 3. The molecule has 3 aromatic heterocycles. The van der Waals surface area contributed by atoms with E-state index in [0.717, 1.165) is 25.0 Å². The Morgan fingerprint density at radius 2 is 1.47 bits per heavy atom. The Bertz CT molecular complexity index is 1950. The van der Waals surface area contributed by atoms with E-state index in [1.165, 1.54) is 10.8 Å². The minimum Gasteiger partial charge on any atom is -0.487 e. The Labute approximate surface area is 319 Å². The van der Waals surface area contributed by atoms with Crippen LogP contribution in [0.5, 0.6) is 5.75 Å². The fourth-order valence-electron chi connectivity index (χ4n) is 8.76. The SMILES string of the molecule is CC(C)Nc1cc(O[C@@H]2CCCC[C@@H]2n2c(-c3ccc(NCCSS)c(=O)n3[C@H]3[C@@H]4COC[C@@H]43)ccc(NC(C)C)c2=O)cn([C@H]2CCC[C@H]2O)c1=O. The van der Waals surface area contributed by atoms with Crippen molar-refractivity contribution in [1.82, 2.24) is 13.7 Å². The topological polar surface area (TPSA) is 141 Å². The number of nitrogens with zero attached hydrogens (tertiary/aromatic N) is 3. The molecule has 4 aliphatic rings. The summed E-state index contributed by atoms with van der Waals surface area (Å²) >= 11 is 4.26. The van der Waals surface area contributed by atoms with Crippen LogP contribution < -0.4 is 37.4 Å². The predicted octanol–water partition coefficient (Wildman–Crippen LogP) is 5.94. The summed E-state index contributed by atoms with van der Waals surface area (Å²) in [4.78, 5) is 42.7. The van der Waals surface area contributed by atoms with E-state index in [4.69, 9.17) is 9.47 Å². The van der Waals surface area contributed by atoms with Crippen LogP contribution >= 0.6 is 22.5 Å². The zero-order valence-corrected chi connectivity index (χ0v) is 32.8. The predicted molar refractivity (Wildman–Crippen MR) is 216 cm³/mol. The lowest BCUT2D eigenvalue weighted by molar-refractivity contribution is 0.0945. The molecule has 14 heteroatoms. The van der Waals surface area contributed by atoms with E-state index in [9.17, 15) is 19.5 Å². The standard InChI is InChI=1S/C39H54N6O6S2/c1-22(2)41-28-13-15-30(31-14-12-27(40-16-17-53-52)38(48)45(31)36-25-20-50-21-26(25)36)44(39(28)49)33-8-5-6-11-35(33)51-24-18-29(42-23(3)4)37(47)43(19-24)32-9-7-10-34(32)46/h12-15,18-19,22-23,25-26,32-36,40-42,46,52H,5-11,16-17,20-21H2,1-4H3/t25-,26+,32-,33-,34+,35+,36+/m0/s1. The van der Waals surface area contributed by atoms with Crippen LogP contribution in [0.2, 0.25) is 0 Å². The fraction of sp³-hybridized carbons (Fsp3) is 0.615. The summed E-state index contributed by atoms with van der Waals surface area (Å²) < 4.78 is 18.0. The van der Waals surface area contributed by atoms with Crippen molar-refractivity contribution in [3.63, 3.8) is 0 Å². The summed E-state index contributed by atoms with van der Waals surface area (Å²) in [6.07, 6.45) is 6.20. The lowest BCUT2D eigenvalue weighted by Gasteiger charge is -2.35. The zero-order chi connectivity index (χ0) is 37.4. The van der Waals surface area contributed by atoms with Crippen molar-refractivity contribution in [2.45, 2.75) is 115 Å². The number of aliphatic hydroxyl groups is 1. The van der Waals surface area contributed by atoms with Gasteiger partial charge in [0, 0.05) is 54.5 Å². The second-order valence-corrected chi connectivity index (χ2v) is 17.1. The summed E-state index contributed by atoms with van der Waals surface area (Å²) in [5, 5.41) is 20.8. The molecule has 7 atom stereocenters. The summed E-state index contributed by atoms with van der Waals surface area (Å²) in [5.41, 5.74) is 2.37. The first-order chi connectivity index (χ1) is 25.6. The summed E-state index contributed by atoms with van der Waals surface area (Å²) in [5.74, 6) is 1.77.